The largest absolute Gasteiger partial charge is 0.300 e. The van der Waals surface area contributed by atoms with Crippen LogP contribution in [-0.2, 0) is 14.8 Å². The van der Waals surface area contributed by atoms with Crippen molar-refractivity contribution in [3.8, 4) is 0 Å². The van der Waals surface area contributed by atoms with Crippen LogP contribution in [0.1, 0.15) is 36.7 Å². The minimum atomic E-state index is -4.17. The molecule has 11 heteroatoms. The Labute approximate surface area is 188 Å². The van der Waals surface area contributed by atoms with E-state index in [1.807, 2.05) is 0 Å². The van der Waals surface area contributed by atoms with Crippen LogP contribution in [0.25, 0.3) is 0 Å². The molecule has 0 saturated heterocycles. The molecule has 1 heterocycles. The van der Waals surface area contributed by atoms with E-state index in [0.717, 1.165) is 0 Å². The van der Waals surface area contributed by atoms with Gasteiger partial charge in [0.2, 0.25) is 11.0 Å². The summed E-state index contributed by atoms with van der Waals surface area (Å²) < 4.78 is 27.7. The van der Waals surface area contributed by atoms with Gasteiger partial charge < -0.3 is 5.32 Å². The first-order chi connectivity index (χ1) is 14.5. The lowest BCUT2D eigenvalue weighted by Crippen LogP contribution is -2.27. The highest BCUT2D eigenvalue weighted by Crippen LogP contribution is 2.28. The second-order valence-corrected chi connectivity index (χ2v) is 10.8. The summed E-state index contributed by atoms with van der Waals surface area (Å²) in [6.45, 7) is 5.15. The lowest BCUT2D eigenvalue weighted by atomic mass is 9.96. The quantitative estimate of drug-likeness (QED) is 0.404. The molecule has 8 nitrogen and oxygen atoms in total. The van der Waals surface area contributed by atoms with Crippen LogP contribution in [0.3, 0.4) is 0 Å². The fourth-order valence-corrected chi connectivity index (χ4v) is 4.53. The van der Waals surface area contributed by atoms with E-state index in [4.69, 9.17) is 11.6 Å². The Hall–Kier alpha value is -2.82. The van der Waals surface area contributed by atoms with Crippen molar-refractivity contribution in [2.45, 2.75) is 25.1 Å². The van der Waals surface area contributed by atoms with Crippen LogP contribution in [0.2, 0.25) is 5.02 Å². The molecular formula is C20H19ClN4O4S2. The van der Waals surface area contributed by atoms with Crippen LogP contribution < -0.4 is 10.0 Å². The molecule has 1 amide bonds. The van der Waals surface area contributed by atoms with E-state index in [9.17, 15) is 18.0 Å². The smallest absolute Gasteiger partial charge is 0.291 e. The molecule has 0 aliphatic carbocycles. The molecule has 31 heavy (non-hydrogen) atoms. The molecule has 162 valence electrons. The van der Waals surface area contributed by atoms with Crippen molar-refractivity contribution in [1.82, 2.24) is 10.2 Å². The third-order valence-electron chi connectivity index (χ3n) is 4.04. The summed E-state index contributed by atoms with van der Waals surface area (Å²) in [5, 5.41) is 10.3. The van der Waals surface area contributed by atoms with Gasteiger partial charge in [-0.1, -0.05) is 74.0 Å². The Balaban J connectivity index is 1.89. The summed E-state index contributed by atoms with van der Waals surface area (Å²) in [4.78, 5) is 25.0. The van der Waals surface area contributed by atoms with Crippen molar-refractivity contribution in [2.75, 3.05) is 10.0 Å². The van der Waals surface area contributed by atoms with Crippen molar-refractivity contribution < 1.29 is 18.0 Å². The lowest BCUT2D eigenvalue weighted by molar-refractivity contribution is -0.123. The van der Waals surface area contributed by atoms with E-state index >= 15 is 0 Å². The third kappa shape index (κ3) is 5.46. The van der Waals surface area contributed by atoms with E-state index in [1.54, 1.807) is 51.1 Å². The van der Waals surface area contributed by atoms with E-state index in [0.29, 0.717) is 16.9 Å². The SMILES string of the molecule is CC(C)(C)C(=O)Nc1nnc(S(=O)(=O)Nc2ccc(Cl)cc2C(=O)c2ccccc2)s1. The number of anilines is 2. The van der Waals surface area contributed by atoms with Gasteiger partial charge in [0.1, 0.15) is 0 Å². The van der Waals surface area contributed by atoms with Crippen molar-refractivity contribution in [3.63, 3.8) is 0 Å². The zero-order chi connectivity index (χ0) is 22.8. The maximum absolute atomic E-state index is 12.9. The second-order valence-electron chi connectivity index (χ2n) is 7.57. The van der Waals surface area contributed by atoms with Gasteiger partial charge >= 0.3 is 0 Å². The number of rotatable bonds is 6. The molecule has 2 N–H and O–H groups in total. The first-order valence-electron chi connectivity index (χ1n) is 9.04. The molecule has 0 saturated carbocycles. The van der Waals surface area contributed by atoms with Crippen LogP contribution in [0, 0.1) is 5.41 Å². The number of hydrogen-bond donors (Lipinski definition) is 2. The van der Waals surface area contributed by atoms with Gasteiger partial charge in [-0.25, -0.2) is 0 Å². The monoisotopic (exact) mass is 478 g/mol. The highest BCUT2D eigenvalue weighted by molar-refractivity contribution is 7.94. The average molecular weight is 479 g/mol. The number of aromatic nitrogens is 2. The van der Waals surface area contributed by atoms with Gasteiger partial charge in [0.05, 0.1) is 5.69 Å². The van der Waals surface area contributed by atoms with Crippen LogP contribution in [-0.4, -0.2) is 30.3 Å². The number of sulfonamides is 1. The molecule has 0 radical (unpaired) electrons. The minimum Gasteiger partial charge on any atom is -0.300 e. The molecule has 2 aromatic carbocycles. The van der Waals surface area contributed by atoms with Crippen LogP contribution in [0.15, 0.2) is 52.9 Å². The zero-order valence-corrected chi connectivity index (χ0v) is 19.2. The molecule has 0 bridgehead atoms. The number of halogens is 1. The van der Waals surface area contributed by atoms with Crippen molar-refractivity contribution in [2.24, 2.45) is 5.41 Å². The Kier molecular flexibility index (Phi) is 6.44. The summed E-state index contributed by atoms with van der Waals surface area (Å²) in [5.74, 6) is -0.717. The summed E-state index contributed by atoms with van der Waals surface area (Å²) in [5.41, 5.74) is -0.158. The van der Waals surface area contributed by atoms with Gasteiger partial charge in [-0.2, -0.15) is 8.42 Å². The fraction of sp³-hybridized carbons (Fsp3) is 0.200. The summed E-state index contributed by atoms with van der Waals surface area (Å²) >= 11 is 6.74. The predicted molar refractivity (Wildman–Crippen MR) is 120 cm³/mol. The first-order valence-corrected chi connectivity index (χ1v) is 11.7. The highest BCUT2D eigenvalue weighted by atomic mass is 35.5. The number of benzene rings is 2. The number of hydrogen-bond acceptors (Lipinski definition) is 7. The number of nitrogens with one attached hydrogen (secondary N) is 2. The standard InChI is InChI=1S/C20H19ClN4O4S2/c1-20(2,3)17(27)22-18-23-24-19(30-18)31(28,29)25-15-10-9-13(21)11-14(15)16(26)12-7-5-4-6-8-12/h4-11,25H,1-3H3,(H,22,23,27). The molecule has 0 atom stereocenters. The highest BCUT2D eigenvalue weighted by Gasteiger charge is 2.26. The van der Waals surface area contributed by atoms with Crippen LogP contribution in [0.5, 0.6) is 0 Å². The maximum Gasteiger partial charge on any atom is 0.291 e. The van der Waals surface area contributed by atoms with E-state index in [2.05, 4.69) is 20.2 Å². The number of nitrogens with zero attached hydrogens (tertiary/aromatic N) is 2. The number of carbonyl (C=O) groups excluding carboxylic acids is 2. The zero-order valence-electron chi connectivity index (χ0n) is 16.8. The molecular weight excluding hydrogens is 460 g/mol. The molecule has 3 rings (SSSR count). The van der Waals surface area contributed by atoms with Crippen molar-refractivity contribution in [1.29, 1.82) is 0 Å². The number of amides is 1. The summed E-state index contributed by atoms with van der Waals surface area (Å²) in [7, 11) is -4.17. The van der Waals surface area contributed by atoms with Gasteiger partial charge in [-0.3, -0.25) is 14.3 Å². The summed E-state index contributed by atoms with van der Waals surface area (Å²) in [6.07, 6.45) is 0. The molecule has 0 aliphatic heterocycles. The van der Waals surface area contributed by atoms with Crippen LogP contribution >= 0.6 is 22.9 Å². The normalized spacial score (nSPS) is 11.7. The number of ketones is 1. The molecule has 3 aromatic rings. The third-order valence-corrected chi connectivity index (χ3v) is 6.85. The fourth-order valence-electron chi connectivity index (χ4n) is 2.38. The predicted octanol–water partition coefficient (Wildman–Crippen LogP) is 4.21. The van der Waals surface area contributed by atoms with Crippen molar-refractivity contribution in [3.05, 3.63) is 64.7 Å². The molecule has 0 fully saturated rings. The number of carbonyl (C=O) groups is 2. The first kappa shape index (κ1) is 22.9. The maximum atomic E-state index is 12.9. The Morgan fingerprint density at radius 1 is 1.03 bits per heavy atom. The Bertz CT molecular complexity index is 1240. The molecule has 1 aromatic heterocycles. The molecule has 0 unspecified atom stereocenters. The Morgan fingerprint density at radius 2 is 1.71 bits per heavy atom. The van der Waals surface area contributed by atoms with Gasteiger partial charge in [-0.05, 0) is 18.2 Å². The van der Waals surface area contributed by atoms with Gasteiger partial charge in [-0.15, -0.1) is 10.2 Å². The van der Waals surface area contributed by atoms with E-state index in [1.165, 1.54) is 18.2 Å². The lowest BCUT2D eigenvalue weighted by Gasteiger charge is -2.15. The van der Waals surface area contributed by atoms with Gasteiger partial charge in [0, 0.05) is 21.6 Å². The van der Waals surface area contributed by atoms with E-state index in [-0.39, 0.29) is 31.7 Å². The van der Waals surface area contributed by atoms with Crippen LogP contribution in [0.4, 0.5) is 10.8 Å². The second kappa shape index (κ2) is 8.74. The average Bonchev–Trinajstić information content (AvgIpc) is 3.18. The van der Waals surface area contributed by atoms with E-state index < -0.39 is 21.2 Å². The summed E-state index contributed by atoms with van der Waals surface area (Å²) in [6, 6.07) is 12.7. The minimum absolute atomic E-state index is 0.0498. The van der Waals surface area contributed by atoms with Crippen molar-refractivity contribution >= 4 is 55.5 Å². The van der Waals surface area contributed by atoms with Gasteiger partial charge in [0.25, 0.3) is 14.4 Å². The molecule has 0 spiro atoms. The van der Waals surface area contributed by atoms with Gasteiger partial charge in [0.15, 0.2) is 5.78 Å². The Morgan fingerprint density at radius 3 is 2.35 bits per heavy atom. The topological polar surface area (TPSA) is 118 Å². The molecule has 0 aliphatic rings.